The molecule has 2 aliphatic heterocycles. The molecule has 0 radical (unpaired) electrons. The largest absolute Gasteiger partial charge is 0.478 e. The van der Waals surface area contributed by atoms with Crippen molar-refractivity contribution in [1.82, 2.24) is 4.90 Å². The minimum atomic E-state index is -1.96. The average Bonchev–Trinajstić information content (AvgIpc) is 3.40. The van der Waals surface area contributed by atoms with Crippen LogP contribution in [-0.2, 0) is 21.8 Å². The van der Waals surface area contributed by atoms with Gasteiger partial charge in [-0.15, -0.1) is 0 Å². The van der Waals surface area contributed by atoms with Crippen molar-refractivity contribution in [2.45, 2.75) is 76.0 Å². The van der Waals surface area contributed by atoms with Gasteiger partial charge in [-0.1, -0.05) is 73.9 Å². The number of anilines is 2. The van der Waals surface area contributed by atoms with Gasteiger partial charge in [-0.05, 0) is 74.8 Å². The van der Waals surface area contributed by atoms with Gasteiger partial charge in [0.25, 0.3) is 5.91 Å². The zero-order valence-electron chi connectivity index (χ0n) is 25.3. The summed E-state index contributed by atoms with van der Waals surface area (Å²) in [6.45, 7) is 2.57. The molecule has 3 aromatic rings. The Morgan fingerprint density at radius 2 is 1.57 bits per heavy atom. The summed E-state index contributed by atoms with van der Waals surface area (Å²) in [5, 5.41) is 9.69. The number of rotatable bonds is 10. The van der Waals surface area contributed by atoms with Crippen molar-refractivity contribution in [2.24, 2.45) is 5.92 Å². The Morgan fingerprint density at radius 3 is 2.32 bits per heavy atom. The second kappa shape index (κ2) is 12.1. The summed E-state index contributed by atoms with van der Waals surface area (Å²) in [7, 11) is 0. The number of hydrogen-bond donors (Lipinski definition) is 1. The molecule has 1 N–H and O–H groups in total. The molecule has 1 atom stereocenters. The smallest absolute Gasteiger partial charge is 0.336 e. The highest BCUT2D eigenvalue weighted by Gasteiger charge is 2.53. The predicted molar refractivity (Wildman–Crippen MR) is 168 cm³/mol. The van der Waals surface area contributed by atoms with Gasteiger partial charge in [-0.2, -0.15) is 0 Å². The zero-order valence-corrected chi connectivity index (χ0v) is 25.3. The first-order valence-corrected chi connectivity index (χ1v) is 15.8. The molecule has 1 saturated heterocycles. The van der Waals surface area contributed by atoms with Gasteiger partial charge in [0.2, 0.25) is 11.6 Å². The number of amides is 2. The molecule has 3 aromatic carbocycles. The number of unbranched alkanes of at least 4 members (excludes halogenated alkanes) is 2. The van der Waals surface area contributed by atoms with Gasteiger partial charge in [0.15, 0.2) is 0 Å². The molecule has 1 unspecified atom stereocenters. The summed E-state index contributed by atoms with van der Waals surface area (Å²) < 4.78 is 15.1. The van der Waals surface area contributed by atoms with E-state index < -0.39 is 23.1 Å². The molecule has 1 aliphatic carbocycles. The van der Waals surface area contributed by atoms with E-state index in [0.717, 1.165) is 57.1 Å². The lowest BCUT2D eigenvalue weighted by Gasteiger charge is -2.42. The molecule has 1 spiro atoms. The molecule has 3 aliphatic rings. The Morgan fingerprint density at radius 1 is 0.886 bits per heavy atom. The van der Waals surface area contributed by atoms with Gasteiger partial charge < -0.3 is 19.8 Å². The van der Waals surface area contributed by atoms with E-state index in [0.29, 0.717) is 35.9 Å². The van der Waals surface area contributed by atoms with Crippen molar-refractivity contribution >= 4 is 29.2 Å². The van der Waals surface area contributed by atoms with Gasteiger partial charge >= 0.3 is 5.97 Å². The van der Waals surface area contributed by atoms with Gasteiger partial charge in [0.05, 0.1) is 17.9 Å². The predicted octanol–water partition coefficient (Wildman–Crippen LogP) is 6.91. The average molecular weight is 598 g/mol. The molecule has 44 heavy (non-hydrogen) atoms. The maximum Gasteiger partial charge on any atom is 0.336 e. The number of halogens is 1. The quantitative estimate of drug-likeness (QED) is 0.257. The number of carbonyl (C=O) groups excluding carboxylic acids is 2. The molecular formula is C36H40FN3O4. The lowest BCUT2D eigenvalue weighted by molar-refractivity contribution is -0.134. The summed E-state index contributed by atoms with van der Waals surface area (Å²) in [5.41, 5.74) is 0.432. The lowest BCUT2D eigenvalue weighted by atomic mass is 9.74. The number of aromatic carboxylic acids is 1. The minimum absolute atomic E-state index is 0.0791. The fraction of sp³-hybridized carbons (Fsp3) is 0.417. The van der Waals surface area contributed by atoms with Crippen LogP contribution in [-0.4, -0.2) is 46.5 Å². The SMILES string of the molecule is CC1(F)C(=O)N(CCCCCC2CCC3(CC2)C(=O)N(Cc2ccccc2C(=O)O)CN3c2ccccc2)c2ccccc21. The zero-order chi connectivity index (χ0) is 30.9. The number of carboxylic acid groups (broad SMARTS) is 1. The summed E-state index contributed by atoms with van der Waals surface area (Å²) in [5.74, 6) is -0.854. The molecule has 6 rings (SSSR count). The van der Waals surface area contributed by atoms with Crippen LogP contribution in [0.5, 0.6) is 0 Å². The second-order valence-corrected chi connectivity index (χ2v) is 12.7. The normalized spacial score (nSPS) is 24.8. The molecular weight excluding hydrogens is 557 g/mol. The van der Waals surface area contributed by atoms with E-state index in [9.17, 15) is 19.5 Å². The van der Waals surface area contributed by atoms with Crippen molar-refractivity contribution in [3.8, 4) is 0 Å². The summed E-state index contributed by atoms with van der Waals surface area (Å²) in [6, 6.07) is 24.1. The van der Waals surface area contributed by atoms with Crippen molar-refractivity contribution in [1.29, 1.82) is 0 Å². The fourth-order valence-electron chi connectivity index (χ4n) is 7.52. The number of carboxylic acids is 1. The van der Waals surface area contributed by atoms with Crippen molar-refractivity contribution in [3.63, 3.8) is 0 Å². The van der Waals surface area contributed by atoms with Gasteiger partial charge in [0, 0.05) is 24.3 Å². The Kier molecular flexibility index (Phi) is 8.18. The maximum absolute atomic E-state index is 15.1. The van der Waals surface area contributed by atoms with Crippen LogP contribution in [0.2, 0.25) is 0 Å². The van der Waals surface area contributed by atoms with Crippen molar-refractivity contribution in [3.05, 3.63) is 95.6 Å². The second-order valence-electron chi connectivity index (χ2n) is 12.7. The van der Waals surface area contributed by atoms with E-state index >= 15 is 4.39 Å². The number of benzene rings is 3. The van der Waals surface area contributed by atoms with Crippen molar-refractivity contribution < 1.29 is 23.9 Å². The highest BCUT2D eigenvalue weighted by Crippen LogP contribution is 2.46. The third kappa shape index (κ3) is 5.35. The molecule has 2 heterocycles. The topological polar surface area (TPSA) is 81.2 Å². The van der Waals surface area contributed by atoms with E-state index in [2.05, 4.69) is 4.90 Å². The molecule has 230 valence electrons. The number of para-hydroxylation sites is 2. The Bertz CT molecular complexity index is 1530. The summed E-state index contributed by atoms with van der Waals surface area (Å²) in [6.07, 6.45) is 7.30. The van der Waals surface area contributed by atoms with E-state index in [-0.39, 0.29) is 18.0 Å². The first-order valence-electron chi connectivity index (χ1n) is 15.8. The molecule has 2 fully saturated rings. The number of fused-ring (bicyclic) bond motifs is 1. The molecule has 2 amide bonds. The molecule has 8 heteroatoms. The number of carbonyl (C=O) groups is 3. The van der Waals surface area contributed by atoms with Gasteiger partial charge in [-0.25, -0.2) is 9.18 Å². The minimum Gasteiger partial charge on any atom is -0.478 e. The van der Waals surface area contributed by atoms with Crippen LogP contribution in [0.15, 0.2) is 78.9 Å². The molecule has 0 bridgehead atoms. The van der Waals surface area contributed by atoms with Crippen LogP contribution in [0.1, 0.15) is 79.8 Å². The van der Waals surface area contributed by atoms with E-state index in [1.165, 1.54) is 6.92 Å². The lowest BCUT2D eigenvalue weighted by Crippen LogP contribution is -2.51. The van der Waals surface area contributed by atoms with Crippen LogP contribution in [0.3, 0.4) is 0 Å². The third-order valence-corrected chi connectivity index (χ3v) is 9.96. The van der Waals surface area contributed by atoms with Crippen LogP contribution >= 0.6 is 0 Å². The van der Waals surface area contributed by atoms with Crippen LogP contribution in [0.25, 0.3) is 0 Å². The molecule has 7 nitrogen and oxygen atoms in total. The monoisotopic (exact) mass is 597 g/mol. The maximum atomic E-state index is 15.1. The molecule has 1 saturated carbocycles. The first-order chi connectivity index (χ1) is 21.2. The van der Waals surface area contributed by atoms with E-state index in [4.69, 9.17) is 0 Å². The Labute approximate surface area is 258 Å². The van der Waals surface area contributed by atoms with E-state index in [1.54, 1.807) is 35.2 Å². The van der Waals surface area contributed by atoms with Crippen LogP contribution in [0, 0.1) is 5.92 Å². The number of alkyl halides is 1. The van der Waals surface area contributed by atoms with Gasteiger partial charge in [-0.3, -0.25) is 9.59 Å². The highest BCUT2D eigenvalue weighted by atomic mass is 19.1. The highest BCUT2D eigenvalue weighted by molar-refractivity contribution is 6.06. The van der Waals surface area contributed by atoms with Crippen LogP contribution < -0.4 is 9.80 Å². The third-order valence-electron chi connectivity index (χ3n) is 9.96. The summed E-state index contributed by atoms with van der Waals surface area (Å²) >= 11 is 0. The van der Waals surface area contributed by atoms with Crippen molar-refractivity contribution in [2.75, 3.05) is 23.0 Å². The Hall–Kier alpha value is -4.20. The first kappa shape index (κ1) is 29.9. The molecule has 0 aromatic heterocycles. The standard InChI is InChI=1S/C36H40FN3O4/c1-35(37)30-17-9-10-18-31(30)39(33(35)43)23-11-3-4-12-26-19-21-36(22-20-26)34(44)38(25-40(36)28-14-5-2-6-15-28)24-27-13-7-8-16-29(27)32(41)42/h2,5-10,13-18,26H,3-4,11-12,19-25H2,1H3,(H,41,42). The Balaban J connectivity index is 1.06. The fourth-order valence-corrected chi connectivity index (χ4v) is 7.52. The van der Waals surface area contributed by atoms with E-state index in [1.807, 2.05) is 53.4 Å². The van der Waals surface area contributed by atoms with Gasteiger partial charge in [0.1, 0.15) is 5.54 Å². The number of hydrogen-bond acceptors (Lipinski definition) is 4. The summed E-state index contributed by atoms with van der Waals surface area (Å²) in [4.78, 5) is 44.3. The number of nitrogens with zero attached hydrogens (tertiary/aromatic N) is 3. The van der Waals surface area contributed by atoms with Crippen LogP contribution in [0.4, 0.5) is 15.8 Å².